The number of fused-ring (bicyclic) bond motifs is 1. The normalized spacial score (nSPS) is 11.7. The zero-order chi connectivity index (χ0) is 16.4. The van der Waals surface area contributed by atoms with E-state index in [1.165, 1.54) is 6.20 Å². The van der Waals surface area contributed by atoms with E-state index in [-0.39, 0.29) is 11.5 Å². The maximum Gasteiger partial charge on any atom is 0.232 e. The predicted octanol–water partition coefficient (Wildman–Crippen LogP) is 5.44. The number of carbonyl (C=O) groups excluding carboxylic acids is 1. The standard InChI is InChI=1S/C16H9Cl3N2O2/c17-10-4-5-14-13(6-10)21-16(23-14)9(8-22)7-20-12-3-1-2-11(18)15(12)19/h1-8,20H. The van der Waals surface area contributed by atoms with Gasteiger partial charge in [0.1, 0.15) is 5.52 Å². The molecule has 1 heterocycles. The molecule has 116 valence electrons. The first-order valence-corrected chi connectivity index (χ1v) is 7.64. The van der Waals surface area contributed by atoms with Gasteiger partial charge in [-0.15, -0.1) is 0 Å². The summed E-state index contributed by atoms with van der Waals surface area (Å²) in [7, 11) is 0. The Morgan fingerprint density at radius 3 is 2.78 bits per heavy atom. The Balaban J connectivity index is 1.94. The van der Waals surface area contributed by atoms with Gasteiger partial charge in [-0.2, -0.15) is 0 Å². The molecular weight excluding hydrogens is 359 g/mol. The molecule has 0 aliphatic heterocycles. The van der Waals surface area contributed by atoms with Crippen molar-refractivity contribution in [1.82, 2.24) is 4.98 Å². The van der Waals surface area contributed by atoms with E-state index in [1.807, 2.05) is 0 Å². The van der Waals surface area contributed by atoms with Crippen LogP contribution < -0.4 is 5.32 Å². The van der Waals surface area contributed by atoms with E-state index >= 15 is 0 Å². The topological polar surface area (TPSA) is 55.1 Å². The van der Waals surface area contributed by atoms with Crippen LogP contribution in [0, 0.1) is 0 Å². The number of anilines is 1. The van der Waals surface area contributed by atoms with Gasteiger partial charge in [0.2, 0.25) is 5.89 Å². The Morgan fingerprint density at radius 1 is 1.17 bits per heavy atom. The number of aromatic nitrogens is 1. The summed E-state index contributed by atoms with van der Waals surface area (Å²) >= 11 is 17.9. The van der Waals surface area contributed by atoms with Crippen LogP contribution in [0.2, 0.25) is 15.1 Å². The monoisotopic (exact) mass is 366 g/mol. The summed E-state index contributed by atoms with van der Waals surface area (Å²) in [6, 6.07) is 10.2. The van der Waals surface area contributed by atoms with Crippen LogP contribution in [0.3, 0.4) is 0 Å². The van der Waals surface area contributed by atoms with Crippen LogP contribution in [0.1, 0.15) is 5.89 Å². The smallest absolute Gasteiger partial charge is 0.232 e. The van der Waals surface area contributed by atoms with E-state index in [2.05, 4.69) is 10.3 Å². The molecule has 1 N–H and O–H groups in total. The average Bonchev–Trinajstić information content (AvgIpc) is 2.94. The van der Waals surface area contributed by atoms with E-state index < -0.39 is 0 Å². The van der Waals surface area contributed by atoms with Crippen molar-refractivity contribution in [3.8, 4) is 0 Å². The van der Waals surface area contributed by atoms with Crippen LogP contribution in [0.5, 0.6) is 0 Å². The van der Waals surface area contributed by atoms with Crippen LogP contribution in [0.25, 0.3) is 16.7 Å². The molecule has 2 aromatic carbocycles. The van der Waals surface area contributed by atoms with Gasteiger partial charge in [0.05, 0.1) is 21.3 Å². The number of aldehydes is 1. The van der Waals surface area contributed by atoms with E-state index in [9.17, 15) is 4.79 Å². The summed E-state index contributed by atoms with van der Waals surface area (Å²) in [4.78, 5) is 15.6. The van der Waals surface area contributed by atoms with Gasteiger partial charge in [0.25, 0.3) is 0 Å². The molecule has 0 unspecified atom stereocenters. The van der Waals surface area contributed by atoms with Crippen LogP contribution in [-0.2, 0) is 4.79 Å². The van der Waals surface area contributed by atoms with E-state index in [1.54, 1.807) is 36.4 Å². The molecule has 0 aliphatic carbocycles. The Bertz CT molecular complexity index is 919. The lowest BCUT2D eigenvalue weighted by atomic mass is 10.3. The van der Waals surface area contributed by atoms with Crippen molar-refractivity contribution in [2.24, 2.45) is 0 Å². The molecule has 3 aromatic rings. The molecule has 0 radical (unpaired) electrons. The first-order chi connectivity index (χ1) is 11.1. The third-order valence-corrected chi connectivity index (χ3v) is 4.11. The molecule has 0 saturated heterocycles. The minimum Gasteiger partial charge on any atom is -0.436 e. The fraction of sp³-hybridized carbons (Fsp3) is 0. The molecule has 0 aliphatic rings. The second-order valence-electron chi connectivity index (χ2n) is 4.59. The molecule has 0 spiro atoms. The molecule has 0 bridgehead atoms. The zero-order valence-corrected chi connectivity index (χ0v) is 13.8. The Morgan fingerprint density at radius 2 is 2.00 bits per heavy atom. The van der Waals surface area contributed by atoms with E-state index in [0.29, 0.717) is 38.1 Å². The van der Waals surface area contributed by atoms with Crippen molar-refractivity contribution < 1.29 is 9.21 Å². The highest BCUT2D eigenvalue weighted by atomic mass is 35.5. The highest BCUT2D eigenvalue weighted by Crippen LogP contribution is 2.30. The molecule has 4 nitrogen and oxygen atoms in total. The number of hydrogen-bond donors (Lipinski definition) is 1. The molecule has 0 atom stereocenters. The highest BCUT2D eigenvalue weighted by Gasteiger charge is 2.11. The molecule has 0 amide bonds. The van der Waals surface area contributed by atoms with Crippen molar-refractivity contribution >= 4 is 63.4 Å². The van der Waals surface area contributed by atoms with Gasteiger partial charge in [-0.25, -0.2) is 4.98 Å². The van der Waals surface area contributed by atoms with Crippen molar-refractivity contribution in [3.63, 3.8) is 0 Å². The predicted molar refractivity (Wildman–Crippen MR) is 93.1 cm³/mol. The van der Waals surface area contributed by atoms with Gasteiger partial charge in [-0.05, 0) is 30.3 Å². The number of benzene rings is 2. The van der Waals surface area contributed by atoms with E-state index in [0.717, 1.165) is 0 Å². The number of oxazole rings is 1. The number of hydrogen-bond acceptors (Lipinski definition) is 4. The molecule has 3 rings (SSSR count). The van der Waals surface area contributed by atoms with Gasteiger partial charge < -0.3 is 9.73 Å². The first-order valence-electron chi connectivity index (χ1n) is 6.51. The van der Waals surface area contributed by atoms with Crippen molar-refractivity contribution in [2.45, 2.75) is 0 Å². The van der Waals surface area contributed by atoms with Gasteiger partial charge in [0, 0.05) is 11.2 Å². The van der Waals surface area contributed by atoms with E-state index in [4.69, 9.17) is 39.2 Å². The average molecular weight is 368 g/mol. The zero-order valence-electron chi connectivity index (χ0n) is 11.5. The fourth-order valence-electron chi connectivity index (χ4n) is 1.94. The highest BCUT2D eigenvalue weighted by molar-refractivity contribution is 6.43. The van der Waals surface area contributed by atoms with Crippen LogP contribution >= 0.6 is 34.8 Å². The minimum absolute atomic E-state index is 0.183. The summed E-state index contributed by atoms with van der Waals surface area (Å²) in [6.45, 7) is 0. The van der Waals surface area contributed by atoms with Crippen molar-refractivity contribution in [3.05, 3.63) is 63.6 Å². The summed E-state index contributed by atoms with van der Waals surface area (Å²) in [6.07, 6.45) is 2.09. The second kappa shape index (κ2) is 6.62. The third-order valence-electron chi connectivity index (χ3n) is 3.06. The Labute approximate surface area is 146 Å². The Kier molecular flexibility index (Phi) is 4.57. The number of allylic oxidation sites excluding steroid dienone is 1. The van der Waals surface area contributed by atoms with Gasteiger partial charge in [-0.3, -0.25) is 4.79 Å². The third kappa shape index (κ3) is 3.34. The maximum atomic E-state index is 11.3. The minimum atomic E-state index is 0.183. The quantitative estimate of drug-likeness (QED) is 0.493. The largest absolute Gasteiger partial charge is 0.436 e. The van der Waals surface area contributed by atoms with Gasteiger partial charge >= 0.3 is 0 Å². The summed E-state index contributed by atoms with van der Waals surface area (Å²) in [5.41, 5.74) is 1.91. The van der Waals surface area contributed by atoms with Crippen LogP contribution in [0.15, 0.2) is 47.0 Å². The fourth-order valence-corrected chi connectivity index (χ4v) is 2.46. The molecule has 23 heavy (non-hydrogen) atoms. The number of nitrogens with zero attached hydrogens (tertiary/aromatic N) is 1. The molecule has 0 fully saturated rings. The SMILES string of the molecule is O=CC(=CNc1cccc(Cl)c1Cl)c1nc2cc(Cl)ccc2o1. The lowest BCUT2D eigenvalue weighted by Crippen LogP contribution is -1.94. The molecular formula is C16H9Cl3N2O2. The molecule has 0 saturated carbocycles. The lowest BCUT2D eigenvalue weighted by Gasteiger charge is -2.05. The Hall–Kier alpha value is -2.01. The molecule has 7 heteroatoms. The maximum absolute atomic E-state index is 11.3. The van der Waals surface area contributed by atoms with Crippen molar-refractivity contribution in [2.75, 3.05) is 5.32 Å². The summed E-state index contributed by atoms with van der Waals surface area (Å²) in [5, 5.41) is 4.24. The summed E-state index contributed by atoms with van der Waals surface area (Å²) in [5.74, 6) is 0.183. The number of nitrogens with one attached hydrogen (secondary N) is 1. The second-order valence-corrected chi connectivity index (χ2v) is 5.82. The number of halogens is 3. The lowest BCUT2D eigenvalue weighted by molar-refractivity contribution is -0.103. The van der Waals surface area contributed by atoms with Crippen LogP contribution in [0.4, 0.5) is 5.69 Å². The summed E-state index contributed by atoms with van der Waals surface area (Å²) < 4.78 is 5.55. The number of rotatable bonds is 4. The van der Waals surface area contributed by atoms with Crippen molar-refractivity contribution in [1.29, 1.82) is 0 Å². The van der Waals surface area contributed by atoms with Gasteiger partial charge in [-0.1, -0.05) is 40.9 Å². The van der Waals surface area contributed by atoms with Gasteiger partial charge in [0.15, 0.2) is 11.9 Å². The first kappa shape index (κ1) is 15.9. The molecule has 1 aromatic heterocycles. The van der Waals surface area contributed by atoms with Crippen LogP contribution in [-0.4, -0.2) is 11.3 Å². The number of carbonyl (C=O) groups is 1.